The van der Waals surface area contributed by atoms with Crippen LogP contribution in [0.1, 0.15) is 12.8 Å². The highest BCUT2D eigenvalue weighted by molar-refractivity contribution is 6.21. The number of rotatable bonds is 4. The lowest BCUT2D eigenvalue weighted by Gasteiger charge is -2.03. The summed E-state index contributed by atoms with van der Waals surface area (Å²) in [4.78, 5) is 0. The molecule has 0 aromatic carbocycles. The van der Waals surface area contributed by atoms with Crippen molar-refractivity contribution in [3.8, 4) is 0 Å². The maximum atomic E-state index is 5.44. The Balaban J connectivity index is 2.86. The zero-order chi connectivity index (χ0) is 6.41. The van der Waals surface area contributed by atoms with Crippen molar-refractivity contribution in [2.24, 2.45) is 0 Å². The molecule has 1 atom stereocenters. The molecule has 1 unspecified atom stereocenters. The number of halogens is 2. The zero-order valence-corrected chi connectivity index (χ0v) is 5.95. The third kappa shape index (κ3) is 4.76. The molecule has 0 aliphatic rings. The summed E-state index contributed by atoms with van der Waals surface area (Å²) in [7, 11) is 4.74. The Labute approximate surface area is 60.7 Å². The lowest BCUT2D eigenvalue weighted by atomic mass is 10.3. The van der Waals surface area contributed by atoms with Crippen LogP contribution in [-0.4, -0.2) is 19.5 Å². The topological polar surface area (TPSA) is 9.23 Å². The van der Waals surface area contributed by atoms with Gasteiger partial charge in [0, 0.05) is 5.88 Å². The highest BCUT2D eigenvalue weighted by Crippen LogP contribution is 2.05. The molecule has 0 amide bonds. The fraction of sp³-hybridized carbons (Fsp3) is 1.00. The zero-order valence-electron chi connectivity index (χ0n) is 4.44. The minimum absolute atomic E-state index is 0.381. The van der Waals surface area contributed by atoms with Gasteiger partial charge in [0.2, 0.25) is 0 Å². The van der Waals surface area contributed by atoms with Gasteiger partial charge in [0.05, 0.1) is 0 Å². The average Bonchev–Trinajstić information content (AvgIpc) is 1.83. The summed E-state index contributed by atoms with van der Waals surface area (Å²) in [5.41, 5.74) is -0.381. The summed E-state index contributed by atoms with van der Waals surface area (Å²) in [6.07, 6.45) is 1.55. The summed E-state index contributed by atoms with van der Waals surface area (Å²) < 4.78 is 4.26. The van der Waals surface area contributed by atoms with Crippen molar-refractivity contribution >= 4 is 31.3 Å². The van der Waals surface area contributed by atoms with Gasteiger partial charge in [0.15, 0.2) is 0 Å². The van der Waals surface area contributed by atoms with Gasteiger partial charge in [-0.1, -0.05) is 11.6 Å². The molecule has 0 spiro atoms. The van der Waals surface area contributed by atoms with Crippen LogP contribution in [0.15, 0.2) is 0 Å². The predicted molar refractivity (Wildman–Crippen MR) is 36.4 cm³/mol. The van der Waals surface area contributed by atoms with Gasteiger partial charge in [-0.15, -0.1) is 11.6 Å². The smallest absolute Gasteiger partial charge is 0.284 e. The molecule has 0 N–H and O–H groups in total. The Morgan fingerprint density at radius 2 is 2.25 bits per heavy atom. The van der Waals surface area contributed by atoms with Crippen LogP contribution in [-0.2, 0) is 4.65 Å². The van der Waals surface area contributed by atoms with Gasteiger partial charge in [0.25, 0.3) is 8.05 Å². The average molecular weight is 153 g/mol. The normalized spacial score (nSPS) is 13.8. The largest absolute Gasteiger partial charge is 0.433 e. The molecule has 1 nitrogen and oxygen atoms in total. The minimum atomic E-state index is -0.381. The van der Waals surface area contributed by atoms with Crippen molar-refractivity contribution in [3.05, 3.63) is 0 Å². The first-order chi connectivity index (χ1) is 3.81. The van der Waals surface area contributed by atoms with Gasteiger partial charge >= 0.3 is 0 Å². The molecule has 0 bridgehead atoms. The van der Waals surface area contributed by atoms with Crippen molar-refractivity contribution in [2.75, 3.05) is 5.88 Å². The number of hydrogen-bond donors (Lipinski definition) is 0. The second kappa shape index (κ2) is 5.74. The molecule has 46 valence electrons. The first kappa shape index (κ1) is 8.60. The summed E-state index contributed by atoms with van der Waals surface area (Å²) >= 11 is 10.8. The Morgan fingerprint density at radius 3 is 2.62 bits per heavy atom. The molecule has 0 rings (SSSR count). The molecule has 4 heteroatoms. The van der Waals surface area contributed by atoms with Gasteiger partial charge in [-0.3, -0.25) is 0 Å². The van der Waals surface area contributed by atoms with E-state index in [0.29, 0.717) is 12.3 Å². The van der Waals surface area contributed by atoms with E-state index in [-0.39, 0.29) is 5.56 Å². The quantitative estimate of drug-likeness (QED) is 0.440. The van der Waals surface area contributed by atoms with Gasteiger partial charge in [0.1, 0.15) is 5.56 Å². The Morgan fingerprint density at radius 1 is 1.62 bits per heavy atom. The third-order valence-electron chi connectivity index (χ3n) is 0.712. The van der Waals surface area contributed by atoms with Crippen LogP contribution >= 0.6 is 23.2 Å². The van der Waals surface area contributed by atoms with Crippen LogP contribution in [0.2, 0.25) is 0 Å². The van der Waals surface area contributed by atoms with Gasteiger partial charge < -0.3 is 4.65 Å². The number of alkyl halides is 2. The van der Waals surface area contributed by atoms with E-state index in [2.05, 4.69) is 4.65 Å². The fourth-order valence-corrected chi connectivity index (χ4v) is 0.614. The molecule has 0 fully saturated rings. The van der Waals surface area contributed by atoms with E-state index >= 15 is 0 Å². The molecule has 0 aromatic rings. The summed E-state index contributed by atoms with van der Waals surface area (Å²) in [5, 5.41) is 0. The van der Waals surface area contributed by atoms with E-state index in [1.54, 1.807) is 0 Å². The lowest BCUT2D eigenvalue weighted by Crippen LogP contribution is -2.01. The Bertz CT molecular complexity index is 53.3. The van der Waals surface area contributed by atoms with E-state index in [9.17, 15) is 0 Å². The van der Waals surface area contributed by atoms with Crippen molar-refractivity contribution in [2.45, 2.75) is 18.4 Å². The minimum Gasteiger partial charge on any atom is -0.433 e. The summed E-state index contributed by atoms with van der Waals surface area (Å²) in [6.45, 7) is 0. The SMILES string of the molecule is [B]OC(Cl)CCCCl. The van der Waals surface area contributed by atoms with Crippen LogP contribution in [0.5, 0.6) is 0 Å². The van der Waals surface area contributed by atoms with E-state index < -0.39 is 0 Å². The van der Waals surface area contributed by atoms with Gasteiger partial charge in [-0.2, -0.15) is 0 Å². The van der Waals surface area contributed by atoms with Gasteiger partial charge in [-0.25, -0.2) is 0 Å². The van der Waals surface area contributed by atoms with Crippen molar-refractivity contribution in [1.29, 1.82) is 0 Å². The van der Waals surface area contributed by atoms with Gasteiger partial charge in [-0.05, 0) is 12.8 Å². The van der Waals surface area contributed by atoms with Crippen LogP contribution in [0.4, 0.5) is 0 Å². The molecule has 0 heterocycles. The highest BCUT2D eigenvalue weighted by Gasteiger charge is 1.97. The first-order valence-corrected chi connectivity index (χ1v) is 3.34. The second-order valence-electron chi connectivity index (χ2n) is 1.38. The number of hydrogen-bond acceptors (Lipinski definition) is 1. The second-order valence-corrected chi connectivity index (χ2v) is 2.24. The van der Waals surface area contributed by atoms with Crippen LogP contribution in [0.25, 0.3) is 0 Å². The Kier molecular flexibility index (Phi) is 6.17. The molecule has 8 heavy (non-hydrogen) atoms. The molecule has 0 aliphatic heterocycles. The maximum Gasteiger partial charge on any atom is 0.284 e. The molecule has 0 aromatic heterocycles. The first-order valence-electron chi connectivity index (χ1n) is 2.37. The molecule has 0 saturated carbocycles. The highest BCUT2D eigenvalue weighted by atomic mass is 35.5. The van der Waals surface area contributed by atoms with Crippen LogP contribution in [0.3, 0.4) is 0 Å². The maximum absolute atomic E-state index is 5.44. The molecular formula is C4H7BCl2O. The van der Waals surface area contributed by atoms with E-state index in [1.807, 2.05) is 0 Å². The third-order valence-corrected chi connectivity index (χ3v) is 1.30. The molecule has 0 saturated heterocycles. The van der Waals surface area contributed by atoms with Crippen molar-refractivity contribution < 1.29 is 4.65 Å². The summed E-state index contributed by atoms with van der Waals surface area (Å²) in [6, 6.07) is 0. The monoisotopic (exact) mass is 152 g/mol. The standard InChI is InChI=1S/C4H7BCl2O/c5-8-4(7)2-1-3-6/h4H,1-3H2. The van der Waals surface area contributed by atoms with E-state index in [4.69, 9.17) is 31.3 Å². The predicted octanol–water partition coefficient (Wildman–Crippen LogP) is 1.67. The Hall–Kier alpha value is 0.605. The van der Waals surface area contributed by atoms with Crippen LogP contribution < -0.4 is 0 Å². The fourth-order valence-electron chi connectivity index (χ4n) is 0.306. The van der Waals surface area contributed by atoms with Crippen molar-refractivity contribution in [3.63, 3.8) is 0 Å². The summed E-state index contributed by atoms with van der Waals surface area (Å²) in [5.74, 6) is 0.604. The molecule has 0 aliphatic carbocycles. The molecule has 2 radical (unpaired) electrons. The van der Waals surface area contributed by atoms with E-state index in [0.717, 1.165) is 6.42 Å². The van der Waals surface area contributed by atoms with E-state index in [1.165, 1.54) is 0 Å². The lowest BCUT2D eigenvalue weighted by molar-refractivity contribution is 0.296. The van der Waals surface area contributed by atoms with Crippen molar-refractivity contribution in [1.82, 2.24) is 0 Å². The van der Waals surface area contributed by atoms with Crippen LogP contribution in [0, 0.1) is 0 Å². The molecular weight excluding hydrogens is 146 g/mol.